The fraction of sp³-hybridized carbons (Fsp3) is 0.545. The SMILES string of the molecule is CC1=NC(N)N=C2CC(c3ccc(F)cc3-c3cccnc3)CC(=NOCCCC3CCN(C(=O)OC(C)(C)C)CC3)C12. The molecule has 3 atom stereocenters. The minimum Gasteiger partial charge on any atom is -0.444 e. The Labute approximate surface area is 253 Å². The molecule has 0 spiro atoms. The number of amides is 1. The number of piperidine rings is 1. The van der Waals surface area contributed by atoms with Gasteiger partial charge in [-0.2, -0.15) is 0 Å². The monoisotopic (exact) mass is 590 g/mol. The summed E-state index contributed by atoms with van der Waals surface area (Å²) in [6, 6.07) is 8.75. The Morgan fingerprint density at radius 3 is 2.67 bits per heavy atom. The van der Waals surface area contributed by atoms with Gasteiger partial charge >= 0.3 is 6.09 Å². The number of hydrogen-bond donors (Lipinski definition) is 1. The van der Waals surface area contributed by atoms with E-state index in [1.807, 2.05) is 50.8 Å². The molecule has 43 heavy (non-hydrogen) atoms. The normalized spacial score (nSPS) is 23.8. The van der Waals surface area contributed by atoms with Gasteiger partial charge in [-0.15, -0.1) is 0 Å². The molecular formula is C33H43FN6O3. The Kier molecular flexibility index (Phi) is 9.54. The van der Waals surface area contributed by atoms with Crippen molar-refractivity contribution in [2.45, 2.75) is 84.0 Å². The van der Waals surface area contributed by atoms with Crippen LogP contribution >= 0.6 is 0 Å². The zero-order valence-corrected chi connectivity index (χ0v) is 25.6. The van der Waals surface area contributed by atoms with Crippen LogP contribution in [-0.2, 0) is 9.57 Å². The predicted octanol–water partition coefficient (Wildman–Crippen LogP) is 6.34. The van der Waals surface area contributed by atoms with Crippen molar-refractivity contribution in [3.05, 3.63) is 54.1 Å². The molecule has 1 aromatic carbocycles. The number of carbonyl (C=O) groups is 1. The molecule has 1 amide bonds. The molecule has 230 valence electrons. The van der Waals surface area contributed by atoms with E-state index in [9.17, 15) is 9.18 Å². The number of aliphatic imine (C=N–C) groups is 2. The molecule has 0 bridgehead atoms. The lowest BCUT2D eigenvalue weighted by atomic mass is 9.72. The van der Waals surface area contributed by atoms with Gasteiger partial charge < -0.3 is 14.5 Å². The minimum absolute atomic E-state index is 0.0291. The molecule has 2 fully saturated rings. The number of pyridine rings is 1. The van der Waals surface area contributed by atoms with Crippen LogP contribution in [0.4, 0.5) is 9.18 Å². The number of hydrogen-bond acceptors (Lipinski definition) is 8. The van der Waals surface area contributed by atoms with Gasteiger partial charge in [0.25, 0.3) is 0 Å². The topological polar surface area (TPSA) is 115 Å². The number of likely N-dealkylation sites (tertiary alicyclic amines) is 1. The van der Waals surface area contributed by atoms with Gasteiger partial charge in [0, 0.05) is 42.5 Å². The first-order chi connectivity index (χ1) is 20.6. The van der Waals surface area contributed by atoms with Crippen LogP contribution in [0.1, 0.15) is 77.7 Å². The van der Waals surface area contributed by atoms with Gasteiger partial charge in [0.2, 0.25) is 0 Å². The molecule has 9 nitrogen and oxygen atoms in total. The van der Waals surface area contributed by atoms with Gasteiger partial charge in [-0.05, 0) is 107 Å². The summed E-state index contributed by atoms with van der Waals surface area (Å²) >= 11 is 0. The summed E-state index contributed by atoms with van der Waals surface area (Å²) in [6.45, 7) is 9.59. The predicted molar refractivity (Wildman–Crippen MR) is 167 cm³/mol. The summed E-state index contributed by atoms with van der Waals surface area (Å²) in [4.78, 5) is 33.5. The van der Waals surface area contributed by atoms with Gasteiger partial charge in [-0.25, -0.2) is 9.18 Å². The Hall–Kier alpha value is -3.66. The number of oxime groups is 1. The molecule has 2 aliphatic heterocycles. The van der Waals surface area contributed by atoms with E-state index >= 15 is 0 Å². The fourth-order valence-electron chi connectivity index (χ4n) is 6.36. The van der Waals surface area contributed by atoms with E-state index in [4.69, 9.17) is 20.3 Å². The lowest BCUT2D eigenvalue weighted by molar-refractivity contribution is 0.0177. The van der Waals surface area contributed by atoms with Crippen molar-refractivity contribution in [1.82, 2.24) is 9.88 Å². The van der Waals surface area contributed by atoms with Crippen LogP contribution in [0.5, 0.6) is 0 Å². The largest absolute Gasteiger partial charge is 0.444 e. The maximum atomic E-state index is 14.4. The standard InChI is InChI=1S/C33H43FN6O3/c1-21-30-28(38-31(35)37-21)17-24(26-10-9-25(34)19-27(26)23-8-5-13-36-20-23)18-29(30)39-42-16-6-7-22-11-14-40(15-12-22)32(41)43-33(2,3)4/h5,8-10,13,19-20,22,24,30-31H,6-7,11-12,14-18,35H2,1-4H3. The summed E-state index contributed by atoms with van der Waals surface area (Å²) in [5.74, 6) is 0.160. The Balaban J connectivity index is 1.22. The maximum Gasteiger partial charge on any atom is 0.410 e. The van der Waals surface area contributed by atoms with E-state index in [1.54, 1.807) is 18.5 Å². The molecule has 1 aliphatic carbocycles. The zero-order valence-electron chi connectivity index (χ0n) is 25.6. The molecule has 1 saturated heterocycles. The van der Waals surface area contributed by atoms with E-state index in [-0.39, 0.29) is 23.7 Å². The van der Waals surface area contributed by atoms with Crippen LogP contribution in [0.2, 0.25) is 0 Å². The average Bonchev–Trinajstić information content (AvgIpc) is 2.96. The molecule has 1 saturated carbocycles. The molecule has 0 radical (unpaired) electrons. The second kappa shape index (κ2) is 13.3. The third-order valence-electron chi connectivity index (χ3n) is 8.35. The quantitative estimate of drug-likeness (QED) is 0.299. The number of aromatic nitrogens is 1. The van der Waals surface area contributed by atoms with E-state index in [2.05, 4.69) is 15.1 Å². The van der Waals surface area contributed by atoms with Crippen LogP contribution in [0.15, 0.2) is 57.9 Å². The highest BCUT2D eigenvalue weighted by Gasteiger charge is 2.38. The molecule has 2 N–H and O–H groups in total. The van der Waals surface area contributed by atoms with Gasteiger partial charge in [-0.1, -0.05) is 17.3 Å². The highest BCUT2D eigenvalue weighted by Crippen LogP contribution is 2.40. The van der Waals surface area contributed by atoms with Crippen LogP contribution in [0, 0.1) is 17.7 Å². The number of benzene rings is 1. The molecule has 3 unspecified atom stereocenters. The number of fused-ring (bicyclic) bond motifs is 1. The third kappa shape index (κ3) is 7.84. The van der Waals surface area contributed by atoms with E-state index in [1.165, 1.54) is 6.07 Å². The van der Waals surface area contributed by atoms with E-state index in [0.29, 0.717) is 25.4 Å². The zero-order chi connectivity index (χ0) is 30.6. The Morgan fingerprint density at radius 2 is 1.95 bits per heavy atom. The van der Waals surface area contributed by atoms with E-state index < -0.39 is 11.9 Å². The number of halogens is 1. The minimum atomic E-state index is -0.625. The summed E-state index contributed by atoms with van der Waals surface area (Å²) in [6.07, 6.45) is 7.77. The average molecular weight is 591 g/mol. The van der Waals surface area contributed by atoms with Gasteiger partial charge in [-0.3, -0.25) is 20.7 Å². The molecule has 3 heterocycles. The van der Waals surface area contributed by atoms with E-state index in [0.717, 1.165) is 72.6 Å². The van der Waals surface area contributed by atoms with Gasteiger partial charge in [0.05, 0.1) is 11.6 Å². The summed E-state index contributed by atoms with van der Waals surface area (Å²) in [5.41, 5.74) is 11.1. The summed E-state index contributed by atoms with van der Waals surface area (Å²) in [7, 11) is 0. The summed E-state index contributed by atoms with van der Waals surface area (Å²) in [5, 5.41) is 4.65. The second-order valence-corrected chi connectivity index (χ2v) is 12.8. The van der Waals surface area contributed by atoms with Crippen LogP contribution in [0.3, 0.4) is 0 Å². The van der Waals surface area contributed by atoms with Crippen molar-refractivity contribution in [3.63, 3.8) is 0 Å². The molecule has 10 heteroatoms. The Bertz CT molecular complexity index is 1380. The number of nitrogens with zero attached hydrogens (tertiary/aromatic N) is 5. The number of carbonyl (C=O) groups excluding carboxylic acids is 1. The van der Waals surface area contributed by atoms with Crippen molar-refractivity contribution in [2.75, 3.05) is 19.7 Å². The lowest BCUT2D eigenvalue weighted by Crippen LogP contribution is -2.42. The van der Waals surface area contributed by atoms with Crippen LogP contribution in [-0.4, -0.2) is 64.7 Å². The second-order valence-electron chi connectivity index (χ2n) is 12.8. The van der Waals surface area contributed by atoms with Crippen molar-refractivity contribution in [2.24, 2.45) is 32.7 Å². The van der Waals surface area contributed by atoms with Gasteiger partial charge in [0.1, 0.15) is 18.0 Å². The number of rotatable bonds is 7. The van der Waals surface area contributed by atoms with Crippen molar-refractivity contribution >= 4 is 23.2 Å². The number of nitrogens with two attached hydrogens (primary N) is 1. The third-order valence-corrected chi connectivity index (χ3v) is 8.35. The van der Waals surface area contributed by atoms with Crippen molar-refractivity contribution in [1.29, 1.82) is 0 Å². The van der Waals surface area contributed by atoms with Crippen LogP contribution in [0.25, 0.3) is 11.1 Å². The molecule has 5 rings (SSSR count). The maximum absolute atomic E-state index is 14.4. The first-order valence-corrected chi connectivity index (χ1v) is 15.3. The molecule has 2 aromatic rings. The smallest absolute Gasteiger partial charge is 0.410 e. The molecular weight excluding hydrogens is 547 g/mol. The fourth-order valence-corrected chi connectivity index (χ4v) is 6.36. The van der Waals surface area contributed by atoms with Crippen LogP contribution < -0.4 is 5.73 Å². The first kappa shape index (κ1) is 30.8. The van der Waals surface area contributed by atoms with Crippen molar-refractivity contribution in [3.8, 4) is 11.1 Å². The highest BCUT2D eigenvalue weighted by atomic mass is 19.1. The Morgan fingerprint density at radius 1 is 1.16 bits per heavy atom. The number of ether oxygens (including phenoxy) is 1. The highest BCUT2D eigenvalue weighted by molar-refractivity contribution is 6.25. The molecule has 1 aromatic heterocycles. The first-order valence-electron chi connectivity index (χ1n) is 15.3. The lowest BCUT2D eigenvalue weighted by Gasteiger charge is -2.35. The summed E-state index contributed by atoms with van der Waals surface area (Å²) < 4.78 is 19.9. The van der Waals surface area contributed by atoms with Crippen molar-refractivity contribution < 1.29 is 18.8 Å². The molecule has 3 aliphatic rings. The van der Waals surface area contributed by atoms with Gasteiger partial charge in [0.15, 0.2) is 6.29 Å².